The zero-order valence-electron chi connectivity index (χ0n) is 14.3. The molecule has 7 nitrogen and oxygen atoms in total. The van der Waals surface area contributed by atoms with Crippen LogP contribution in [0.15, 0.2) is 48.5 Å². The molecule has 0 saturated heterocycles. The van der Waals surface area contributed by atoms with Crippen molar-refractivity contribution in [3.63, 3.8) is 0 Å². The van der Waals surface area contributed by atoms with E-state index in [-0.39, 0.29) is 6.61 Å². The molecule has 0 aliphatic carbocycles. The zero-order chi connectivity index (χ0) is 17.9. The van der Waals surface area contributed by atoms with E-state index in [4.69, 9.17) is 19.0 Å². The fourth-order valence-corrected chi connectivity index (χ4v) is 2.31. The maximum Gasteiger partial charge on any atom is 0.345 e. The molecule has 2 aromatic carbocycles. The summed E-state index contributed by atoms with van der Waals surface area (Å²) in [7, 11) is 2.93. The van der Waals surface area contributed by atoms with Gasteiger partial charge < -0.3 is 19.5 Å². The van der Waals surface area contributed by atoms with Gasteiger partial charge in [-0.1, -0.05) is 18.2 Å². The van der Waals surface area contributed by atoms with Gasteiger partial charge in [0.15, 0.2) is 18.1 Å². The van der Waals surface area contributed by atoms with Crippen molar-refractivity contribution in [2.45, 2.75) is 12.7 Å². The monoisotopic (exact) mass is 344 g/mol. The van der Waals surface area contributed by atoms with Crippen LogP contribution in [0.1, 0.15) is 6.92 Å². The molecule has 0 saturated carbocycles. The SMILES string of the molecule is CON(C)C(=O)Nc1ccc2c(c1)OC(C)(COc1ccccc1)O2. The van der Waals surface area contributed by atoms with Gasteiger partial charge in [0.25, 0.3) is 5.79 Å². The minimum absolute atomic E-state index is 0.222. The molecule has 0 bridgehead atoms. The lowest BCUT2D eigenvalue weighted by Crippen LogP contribution is -2.41. The topological polar surface area (TPSA) is 69.3 Å². The summed E-state index contributed by atoms with van der Waals surface area (Å²) in [5.74, 6) is 0.932. The van der Waals surface area contributed by atoms with Gasteiger partial charge >= 0.3 is 6.03 Å². The average molecular weight is 344 g/mol. The molecule has 1 unspecified atom stereocenters. The van der Waals surface area contributed by atoms with Crippen LogP contribution < -0.4 is 19.5 Å². The predicted molar refractivity (Wildman–Crippen MR) is 91.8 cm³/mol. The number of carbonyl (C=O) groups is 1. The van der Waals surface area contributed by atoms with Gasteiger partial charge in [-0.15, -0.1) is 0 Å². The van der Waals surface area contributed by atoms with Gasteiger partial charge in [-0.3, -0.25) is 4.84 Å². The van der Waals surface area contributed by atoms with E-state index in [9.17, 15) is 4.79 Å². The van der Waals surface area contributed by atoms with E-state index in [1.807, 2.05) is 30.3 Å². The van der Waals surface area contributed by atoms with Gasteiger partial charge in [0, 0.05) is 25.7 Å². The first-order valence-electron chi connectivity index (χ1n) is 7.78. The van der Waals surface area contributed by atoms with Crippen LogP contribution in [-0.4, -0.2) is 37.6 Å². The normalized spacial score (nSPS) is 17.9. The quantitative estimate of drug-likeness (QED) is 0.843. The summed E-state index contributed by atoms with van der Waals surface area (Å²) < 4.78 is 17.5. The van der Waals surface area contributed by atoms with E-state index in [0.29, 0.717) is 17.2 Å². The van der Waals surface area contributed by atoms with E-state index in [2.05, 4.69) is 5.32 Å². The molecule has 7 heteroatoms. The van der Waals surface area contributed by atoms with Crippen molar-refractivity contribution < 1.29 is 23.8 Å². The summed E-state index contributed by atoms with van der Waals surface area (Å²) >= 11 is 0. The molecule has 2 amide bonds. The molecule has 1 N–H and O–H groups in total. The number of nitrogens with zero attached hydrogens (tertiary/aromatic N) is 1. The Hall–Kier alpha value is -2.93. The Bertz CT molecular complexity index is 752. The summed E-state index contributed by atoms with van der Waals surface area (Å²) in [5, 5.41) is 3.79. The van der Waals surface area contributed by atoms with Crippen LogP contribution in [0, 0.1) is 0 Å². The van der Waals surface area contributed by atoms with Crippen LogP contribution in [0.5, 0.6) is 17.2 Å². The number of amides is 2. The van der Waals surface area contributed by atoms with E-state index in [1.165, 1.54) is 14.2 Å². The van der Waals surface area contributed by atoms with Crippen molar-refractivity contribution >= 4 is 11.7 Å². The van der Waals surface area contributed by atoms with Crippen molar-refractivity contribution in [1.29, 1.82) is 0 Å². The van der Waals surface area contributed by atoms with Crippen LogP contribution in [0.3, 0.4) is 0 Å². The summed E-state index contributed by atoms with van der Waals surface area (Å²) in [6.07, 6.45) is 0. The zero-order valence-corrected chi connectivity index (χ0v) is 14.3. The van der Waals surface area contributed by atoms with Gasteiger partial charge in [-0.2, -0.15) is 0 Å². The minimum atomic E-state index is -0.940. The highest BCUT2D eigenvalue weighted by Gasteiger charge is 2.38. The molecule has 25 heavy (non-hydrogen) atoms. The molecule has 3 rings (SSSR count). The second kappa shape index (κ2) is 6.90. The van der Waals surface area contributed by atoms with Gasteiger partial charge in [0.1, 0.15) is 5.75 Å². The number of carbonyl (C=O) groups excluding carboxylic acids is 1. The van der Waals surface area contributed by atoms with Crippen LogP contribution >= 0.6 is 0 Å². The van der Waals surface area contributed by atoms with Crippen molar-refractivity contribution in [3.8, 4) is 17.2 Å². The number of anilines is 1. The van der Waals surface area contributed by atoms with Crippen molar-refractivity contribution in [2.24, 2.45) is 0 Å². The number of ether oxygens (including phenoxy) is 3. The molecule has 132 valence electrons. The van der Waals surface area contributed by atoms with Crippen molar-refractivity contribution in [2.75, 3.05) is 26.1 Å². The summed E-state index contributed by atoms with van der Waals surface area (Å²) in [6, 6.07) is 14.2. The number of rotatable bonds is 5. The maximum atomic E-state index is 11.8. The highest BCUT2D eigenvalue weighted by molar-refractivity contribution is 5.88. The Labute approximate surface area is 146 Å². The molecular formula is C18H20N2O5. The Balaban J connectivity index is 1.64. The fraction of sp³-hybridized carbons (Fsp3) is 0.278. The third kappa shape index (κ3) is 3.95. The number of hydrogen-bond donors (Lipinski definition) is 1. The standard InChI is InChI=1S/C18H20N2O5/c1-18(12-23-14-7-5-4-6-8-14)24-15-10-9-13(11-16(15)25-18)19-17(21)20(2)22-3/h4-11H,12H2,1-3H3,(H,19,21). The van der Waals surface area contributed by atoms with Crippen LogP contribution in [0.25, 0.3) is 0 Å². The summed E-state index contributed by atoms with van der Waals surface area (Å²) in [6.45, 7) is 2.02. The molecular weight excluding hydrogens is 324 g/mol. The smallest absolute Gasteiger partial charge is 0.345 e. The number of hydrogen-bond acceptors (Lipinski definition) is 5. The van der Waals surface area contributed by atoms with Gasteiger partial charge in [0.05, 0.1) is 7.11 Å². The number of benzene rings is 2. The van der Waals surface area contributed by atoms with Gasteiger partial charge in [0.2, 0.25) is 0 Å². The molecule has 0 spiro atoms. The second-order valence-electron chi connectivity index (χ2n) is 5.71. The molecule has 2 aromatic rings. The van der Waals surface area contributed by atoms with E-state index in [1.54, 1.807) is 25.1 Å². The van der Waals surface area contributed by atoms with Crippen molar-refractivity contribution in [1.82, 2.24) is 5.06 Å². The first kappa shape index (κ1) is 16.9. The summed E-state index contributed by atoms with van der Waals surface area (Å²) in [5.41, 5.74) is 0.574. The number of para-hydroxylation sites is 1. The third-order valence-corrected chi connectivity index (χ3v) is 3.65. The first-order valence-corrected chi connectivity index (χ1v) is 7.78. The van der Waals surface area contributed by atoms with Gasteiger partial charge in [-0.25, -0.2) is 9.86 Å². The fourth-order valence-electron chi connectivity index (χ4n) is 2.31. The summed E-state index contributed by atoms with van der Waals surface area (Å²) in [4.78, 5) is 16.7. The van der Waals surface area contributed by atoms with E-state index < -0.39 is 11.8 Å². The highest BCUT2D eigenvalue weighted by Crippen LogP contribution is 2.41. The Morgan fingerprint density at radius 2 is 1.88 bits per heavy atom. The number of urea groups is 1. The molecule has 1 aliphatic rings. The largest absolute Gasteiger partial charge is 0.485 e. The second-order valence-corrected chi connectivity index (χ2v) is 5.71. The number of nitrogens with one attached hydrogen (secondary N) is 1. The van der Waals surface area contributed by atoms with E-state index >= 15 is 0 Å². The Morgan fingerprint density at radius 3 is 2.60 bits per heavy atom. The first-order chi connectivity index (χ1) is 12.0. The maximum absolute atomic E-state index is 11.8. The lowest BCUT2D eigenvalue weighted by molar-refractivity contribution is -0.0917. The lowest BCUT2D eigenvalue weighted by Gasteiger charge is -2.23. The minimum Gasteiger partial charge on any atom is -0.485 e. The molecule has 0 fully saturated rings. The molecule has 1 atom stereocenters. The highest BCUT2D eigenvalue weighted by atomic mass is 16.7. The van der Waals surface area contributed by atoms with E-state index in [0.717, 1.165) is 10.8 Å². The molecule has 1 aliphatic heterocycles. The number of fused-ring (bicyclic) bond motifs is 1. The van der Waals surface area contributed by atoms with Gasteiger partial charge in [-0.05, 0) is 24.3 Å². The lowest BCUT2D eigenvalue weighted by atomic mass is 10.3. The molecule has 0 radical (unpaired) electrons. The Kier molecular flexibility index (Phi) is 4.67. The Morgan fingerprint density at radius 1 is 1.16 bits per heavy atom. The number of hydroxylamine groups is 2. The van der Waals surface area contributed by atoms with Crippen LogP contribution in [-0.2, 0) is 4.84 Å². The molecule has 0 aromatic heterocycles. The molecule has 1 heterocycles. The van der Waals surface area contributed by atoms with Crippen LogP contribution in [0.2, 0.25) is 0 Å². The predicted octanol–water partition coefficient (Wildman–Crippen LogP) is 3.28. The third-order valence-electron chi connectivity index (χ3n) is 3.65. The average Bonchev–Trinajstić information content (AvgIpc) is 2.96. The van der Waals surface area contributed by atoms with Crippen LogP contribution in [0.4, 0.5) is 10.5 Å². The van der Waals surface area contributed by atoms with Crippen molar-refractivity contribution in [3.05, 3.63) is 48.5 Å².